The van der Waals surface area contributed by atoms with Gasteiger partial charge in [-0.1, -0.05) is 29.8 Å². The Morgan fingerprint density at radius 3 is 2.67 bits per heavy atom. The Morgan fingerprint density at radius 1 is 1.39 bits per heavy atom. The highest BCUT2D eigenvalue weighted by Crippen LogP contribution is 2.25. The molecular weight excluding hydrogens is 290 g/mol. The van der Waals surface area contributed by atoms with E-state index in [4.69, 9.17) is 4.74 Å². The molecule has 2 nitrogen and oxygen atoms in total. The Kier molecular flexibility index (Phi) is 4.68. The van der Waals surface area contributed by atoms with Gasteiger partial charge in [-0.05, 0) is 49.4 Å². The summed E-state index contributed by atoms with van der Waals surface area (Å²) in [4.78, 5) is 0. The standard InChI is InChI=1S/C15H22BrNO/c1-10(2)15(9-17-13-5-6-13)18-14-7-4-12(16)8-11(14)3/h4,7-8,10,13,15,17H,5-6,9H2,1-3H3. The highest BCUT2D eigenvalue weighted by atomic mass is 79.9. The quantitative estimate of drug-likeness (QED) is 0.860. The van der Waals surface area contributed by atoms with Gasteiger partial charge in [-0.3, -0.25) is 0 Å². The number of halogens is 1. The third-order valence-electron chi connectivity index (χ3n) is 3.34. The third-order valence-corrected chi connectivity index (χ3v) is 3.84. The summed E-state index contributed by atoms with van der Waals surface area (Å²) in [6.45, 7) is 7.46. The number of rotatable bonds is 6. The van der Waals surface area contributed by atoms with Crippen LogP contribution in [0.4, 0.5) is 0 Å². The molecule has 100 valence electrons. The Hall–Kier alpha value is -0.540. The number of aryl methyl sites for hydroxylation is 1. The van der Waals surface area contributed by atoms with Gasteiger partial charge in [0.2, 0.25) is 0 Å². The lowest BCUT2D eigenvalue weighted by atomic mass is 10.1. The molecule has 1 fully saturated rings. The molecule has 1 aromatic carbocycles. The fourth-order valence-electron chi connectivity index (χ4n) is 1.89. The van der Waals surface area contributed by atoms with Gasteiger partial charge in [0.25, 0.3) is 0 Å². The van der Waals surface area contributed by atoms with Crippen LogP contribution in [0, 0.1) is 12.8 Å². The minimum Gasteiger partial charge on any atom is -0.489 e. The molecule has 1 saturated carbocycles. The molecule has 0 aromatic heterocycles. The lowest BCUT2D eigenvalue weighted by molar-refractivity contribution is 0.147. The van der Waals surface area contributed by atoms with E-state index in [1.165, 1.54) is 18.4 Å². The molecule has 18 heavy (non-hydrogen) atoms. The van der Waals surface area contributed by atoms with Crippen LogP contribution in [-0.2, 0) is 0 Å². The summed E-state index contributed by atoms with van der Waals surface area (Å²) in [5.41, 5.74) is 1.18. The topological polar surface area (TPSA) is 21.3 Å². The van der Waals surface area contributed by atoms with Gasteiger partial charge in [-0.15, -0.1) is 0 Å². The van der Waals surface area contributed by atoms with Crippen molar-refractivity contribution in [1.29, 1.82) is 0 Å². The molecule has 1 N–H and O–H groups in total. The van der Waals surface area contributed by atoms with E-state index in [9.17, 15) is 0 Å². The van der Waals surface area contributed by atoms with Crippen molar-refractivity contribution in [2.45, 2.75) is 45.8 Å². The number of ether oxygens (including phenoxy) is 1. The minimum atomic E-state index is 0.241. The van der Waals surface area contributed by atoms with Crippen molar-refractivity contribution < 1.29 is 4.74 Å². The third kappa shape index (κ3) is 3.99. The second kappa shape index (κ2) is 6.07. The van der Waals surface area contributed by atoms with Gasteiger partial charge < -0.3 is 10.1 Å². The molecule has 1 atom stereocenters. The Bertz CT molecular complexity index is 401. The van der Waals surface area contributed by atoms with Crippen LogP contribution in [0.3, 0.4) is 0 Å². The zero-order chi connectivity index (χ0) is 13.1. The monoisotopic (exact) mass is 311 g/mol. The lowest BCUT2D eigenvalue weighted by Gasteiger charge is -2.24. The van der Waals surface area contributed by atoms with Crippen molar-refractivity contribution in [1.82, 2.24) is 5.32 Å². The Morgan fingerprint density at radius 2 is 2.11 bits per heavy atom. The van der Waals surface area contributed by atoms with Crippen LogP contribution in [0.2, 0.25) is 0 Å². The summed E-state index contributed by atoms with van der Waals surface area (Å²) >= 11 is 3.48. The van der Waals surface area contributed by atoms with Crippen molar-refractivity contribution >= 4 is 15.9 Å². The summed E-state index contributed by atoms with van der Waals surface area (Å²) < 4.78 is 7.26. The maximum absolute atomic E-state index is 6.16. The average Bonchev–Trinajstić information content (AvgIpc) is 3.10. The van der Waals surface area contributed by atoms with Crippen LogP contribution < -0.4 is 10.1 Å². The Labute approximate surface area is 118 Å². The summed E-state index contributed by atoms with van der Waals surface area (Å²) in [6, 6.07) is 6.92. The van der Waals surface area contributed by atoms with Crippen LogP contribution >= 0.6 is 15.9 Å². The molecule has 1 unspecified atom stereocenters. The predicted molar refractivity (Wildman–Crippen MR) is 79.2 cm³/mol. The lowest BCUT2D eigenvalue weighted by Crippen LogP contribution is -2.36. The molecule has 1 aliphatic rings. The number of hydrogen-bond donors (Lipinski definition) is 1. The fourth-order valence-corrected chi connectivity index (χ4v) is 2.37. The fraction of sp³-hybridized carbons (Fsp3) is 0.600. The number of benzene rings is 1. The SMILES string of the molecule is Cc1cc(Br)ccc1OC(CNC1CC1)C(C)C. The van der Waals surface area contributed by atoms with E-state index in [1.807, 2.05) is 12.1 Å². The van der Waals surface area contributed by atoms with E-state index < -0.39 is 0 Å². The predicted octanol–water partition coefficient (Wildman–Crippen LogP) is 3.91. The van der Waals surface area contributed by atoms with E-state index in [0.29, 0.717) is 5.92 Å². The Balaban J connectivity index is 1.97. The highest BCUT2D eigenvalue weighted by Gasteiger charge is 2.24. The number of hydrogen-bond acceptors (Lipinski definition) is 2. The smallest absolute Gasteiger partial charge is 0.122 e. The van der Waals surface area contributed by atoms with Gasteiger partial charge in [0.15, 0.2) is 0 Å². The molecule has 0 bridgehead atoms. The van der Waals surface area contributed by atoms with Crippen LogP contribution in [-0.4, -0.2) is 18.7 Å². The zero-order valence-electron chi connectivity index (χ0n) is 11.4. The van der Waals surface area contributed by atoms with E-state index in [-0.39, 0.29) is 6.10 Å². The first-order valence-electron chi connectivity index (χ1n) is 6.72. The van der Waals surface area contributed by atoms with E-state index in [0.717, 1.165) is 22.8 Å². The van der Waals surface area contributed by atoms with Crippen molar-refractivity contribution in [3.05, 3.63) is 28.2 Å². The minimum absolute atomic E-state index is 0.241. The summed E-state index contributed by atoms with van der Waals surface area (Å²) in [5.74, 6) is 1.51. The summed E-state index contributed by atoms with van der Waals surface area (Å²) in [6.07, 6.45) is 2.88. The van der Waals surface area contributed by atoms with Gasteiger partial charge in [0.05, 0.1) is 0 Å². The van der Waals surface area contributed by atoms with E-state index in [2.05, 4.69) is 48.1 Å². The molecule has 0 spiro atoms. The van der Waals surface area contributed by atoms with Crippen molar-refractivity contribution in [2.75, 3.05) is 6.54 Å². The van der Waals surface area contributed by atoms with Crippen LogP contribution in [0.15, 0.2) is 22.7 Å². The van der Waals surface area contributed by atoms with Crippen molar-refractivity contribution in [3.63, 3.8) is 0 Å². The molecule has 1 aromatic rings. The highest BCUT2D eigenvalue weighted by molar-refractivity contribution is 9.10. The molecular formula is C15H22BrNO. The maximum atomic E-state index is 6.16. The molecule has 1 aliphatic carbocycles. The summed E-state index contributed by atoms with van der Waals surface area (Å²) in [7, 11) is 0. The first-order valence-corrected chi connectivity index (χ1v) is 7.51. The van der Waals surface area contributed by atoms with Gasteiger partial charge in [0.1, 0.15) is 11.9 Å². The zero-order valence-corrected chi connectivity index (χ0v) is 13.0. The molecule has 3 heteroatoms. The largest absolute Gasteiger partial charge is 0.489 e. The molecule has 0 saturated heterocycles. The van der Waals surface area contributed by atoms with Crippen LogP contribution in [0.1, 0.15) is 32.3 Å². The molecule has 0 radical (unpaired) electrons. The number of nitrogens with one attached hydrogen (secondary N) is 1. The van der Waals surface area contributed by atoms with Gasteiger partial charge >= 0.3 is 0 Å². The first kappa shape index (κ1) is 13.9. The van der Waals surface area contributed by atoms with Crippen molar-refractivity contribution in [2.24, 2.45) is 5.92 Å². The van der Waals surface area contributed by atoms with E-state index >= 15 is 0 Å². The van der Waals surface area contributed by atoms with Gasteiger partial charge in [-0.25, -0.2) is 0 Å². The second-order valence-corrected chi connectivity index (χ2v) is 6.41. The normalized spacial score (nSPS) is 16.9. The molecule has 0 heterocycles. The molecule has 0 aliphatic heterocycles. The van der Waals surface area contributed by atoms with Crippen molar-refractivity contribution in [3.8, 4) is 5.75 Å². The maximum Gasteiger partial charge on any atom is 0.122 e. The average molecular weight is 312 g/mol. The second-order valence-electron chi connectivity index (χ2n) is 5.49. The summed E-state index contributed by atoms with van der Waals surface area (Å²) in [5, 5.41) is 3.55. The van der Waals surface area contributed by atoms with Crippen LogP contribution in [0.5, 0.6) is 5.75 Å². The van der Waals surface area contributed by atoms with Crippen LogP contribution in [0.25, 0.3) is 0 Å². The first-order chi connectivity index (χ1) is 8.56. The molecule has 0 amide bonds. The van der Waals surface area contributed by atoms with Gasteiger partial charge in [0, 0.05) is 17.1 Å². The van der Waals surface area contributed by atoms with E-state index in [1.54, 1.807) is 0 Å². The van der Waals surface area contributed by atoms with Gasteiger partial charge in [-0.2, -0.15) is 0 Å². The molecule has 2 rings (SSSR count).